The van der Waals surface area contributed by atoms with Gasteiger partial charge in [-0.3, -0.25) is 18.8 Å². The van der Waals surface area contributed by atoms with Gasteiger partial charge in [0.2, 0.25) is 0 Å². The van der Waals surface area contributed by atoms with Crippen LogP contribution < -0.4 is 16.6 Å². The summed E-state index contributed by atoms with van der Waals surface area (Å²) in [6, 6.07) is 8.78. The molecule has 2 aromatic heterocycles. The van der Waals surface area contributed by atoms with E-state index in [1.807, 2.05) is 27.4 Å². The summed E-state index contributed by atoms with van der Waals surface area (Å²) in [5.41, 5.74) is 2.62. The molecule has 5 rings (SSSR count). The topological polar surface area (TPSA) is 53.9 Å². The van der Waals surface area contributed by atoms with Crippen LogP contribution in [0.15, 0.2) is 52.3 Å². The van der Waals surface area contributed by atoms with Gasteiger partial charge in [0.05, 0.1) is 11.4 Å². The summed E-state index contributed by atoms with van der Waals surface area (Å²) in [5.74, 6) is 0. The molecule has 0 bridgehead atoms. The Kier molecular flexibility index (Phi) is 1.30. The smallest absolute Gasteiger partial charge is 0.298 e. The fourth-order valence-corrected chi connectivity index (χ4v) is 3.21. The highest BCUT2D eigenvalue weighted by Gasteiger charge is 2.44. The molecule has 0 saturated heterocycles. The van der Waals surface area contributed by atoms with Crippen LogP contribution in [0.25, 0.3) is 11.4 Å². The number of benzene rings is 1. The van der Waals surface area contributed by atoms with Gasteiger partial charge in [-0.15, -0.1) is 0 Å². The second kappa shape index (κ2) is 2.66. The van der Waals surface area contributed by atoms with E-state index < -0.39 is 0 Å². The van der Waals surface area contributed by atoms with Gasteiger partial charge in [-0.2, -0.15) is 0 Å². The Morgan fingerprint density at radius 1 is 0.789 bits per heavy atom. The molecule has 0 fully saturated rings. The van der Waals surface area contributed by atoms with Crippen LogP contribution in [0.1, 0.15) is 0 Å². The Balaban J connectivity index is 2.05. The highest BCUT2D eigenvalue weighted by Crippen LogP contribution is 2.22. The molecule has 1 aromatic carbocycles. The second-order valence-electron chi connectivity index (χ2n) is 4.78. The second-order valence-corrected chi connectivity index (χ2v) is 4.78. The van der Waals surface area contributed by atoms with E-state index in [1.165, 1.54) is 0 Å². The van der Waals surface area contributed by atoms with Crippen LogP contribution >= 0.6 is 0 Å². The largest absolute Gasteiger partial charge is 0.455 e. The number of hydrogen-bond donors (Lipinski definition) is 0. The van der Waals surface area contributed by atoms with E-state index in [0.29, 0.717) is 0 Å². The number of aromatic nitrogens is 4. The van der Waals surface area contributed by atoms with E-state index >= 15 is 0 Å². The molecule has 0 spiro atoms. The monoisotopic (exact) mass is 250 g/mol. The molecule has 0 amide bonds. The summed E-state index contributed by atoms with van der Waals surface area (Å²) in [7, 11) is 0. The van der Waals surface area contributed by atoms with Crippen molar-refractivity contribution in [2.24, 2.45) is 0 Å². The van der Waals surface area contributed by atoms with E-state index in [1.54, 1.807) is 33.9 Å². The number of fused-ring (bicyclic) bond motifs is 6. The number of rotatable bonds is 0. The Morgan fingerprint density at radius 3 is 1.84 bits per heavy atom. The minimum atomic E-state index is -0.142. The van der Waals surface area contributed by atoms with Crippen molar-refractivity contribution in [1.82, 2.24) is 18.5 Å². The van der Waals surface area contributed by atoms with Crippen molar-refractivity contribution in [3.05, 3.63) is 63.4 Å². The van der Waals surface area contributed by atoms with Gasteiger partial charge in [0.15, 0.2) is 0 Å². The van der Waals surface area contributed by atoms with Crippen LogP contribution in [0.5, 0.6) is 0 Å². The lowest BCUT2D eigenvalue weighted by Crippen LogP contribution is -2.39. The van der Waals surface area contributed by atoms with Gasteiger partial charge in [0.25, 0.3) is 11.1 Å². The first-order valence-electron chi connectivity index (χ1n) is 6.01. The first-order valence-corrected chi connectivity index (χ1v) is 6.01. The Hall–Kier alpha value is -2.70. The molecular weight excluding hydrogens is 243 g/mol. The van der Waals surface area contributed by atoms with Gasteiger partial charge >= 0.3 is 6.98 Å². The minimum absolute atomic E-state index is 0.0520. The average molecular weight is 250 g/mol. The maximum Gasteiger partial charge on any atom is 0.455 e. The van der Waals surface area contributed by atoms with Gasteiger partial charge in [-0.1, -0.05) is 6.07 Å². The lowest BCUT2D eigenvalue weighted by atomic mass is 9.69. The summed E-state index contributed by atoms with van der Waals surface area (Å²) < 4.78 is 7.02. The van der Waals surface area contributed by atoms with Gasteiger partial charge in [0.1, 0.15) is 0 Å². The first-order chi connectivity index (χ1) is 9.27. The summed E-state index contributed by atoms with van der Waals surface area (Å²) >= 11 is 0. The lowest BCUT2D eigenvalue weighted by molar-refractivity contribution is 0.730. The third-order valence-corrected chi connectivity index (χ3v) is 3.89. The molecular formula is C12H7BN4O2. The standard InChI is InChI=1S/C12H7BN4O2/c18-10-4-6-14-13-12-8(16(10)14)2-1-3-9(12)17-11(19)5-7-15(13)17/h1-7H. The molecule has 6 nitrogen and oxygen atoms in total. The van der Waals surface area contributed by atoms with Gasteiger partial charge in [-0.05, 0) is 12.1 Å². The SMILES string of the molecule is O=c1ccn2n1-c1cccc3c1B2n1ccc(=O)n1-3. The zero-order chi connectivity index (χ0) is 12.7. The van der Waals surface area contributed by atoms with E-state index in [2.05, 4.69) is 0 Å². The lowest BCUT2D eigenvalue weighted by Gasteiger charge is -2.10. The van der Waals surface area contributed by atoms with Crippen molar-refractivity contribution in [2.75, 3.05) is 0 Å². The Bertz CT molecular complexity index is 900. The van der Waals surface area contributed by atoms with Crippen LogP contribution in [0.2, 0.25) is 0 Å². The maximum absolute atomic E-state index is 11.9. The fraction of sp³-hybridized carbons (Fsp3) is 0. The maximum atomic E-state index is 11.9. The van der Waals surface area contributed by atoms with Crippen molar-refractivity contribution in [3.63, 3.8) is 0 Å². The van der Waals surface area contributed by atoms with Crippen molar-refractivity contribution >= 4 is 12.4 Å². The molecule has 0 N–H and O–H groups in total. The Morgan fingerprint density at radius 2 is 1.32 bits per heavy atom. The molecule has 90 valence electrons. The van der Waals surface area contributed by atoms with Crippen molar-refractivity contribution < 1.29 is 0 Å². The third kappa shape index (κ3) is 0.825. The van der Waals surface area contributed by atoms with Gasteiger partial charge in [0, 0.05) is 30.0 Å². The molecule has 4 heterocycles. The Labute approximate surface area is 106 Å². The molecule has 2 aliphatic rings. The summed E-state index contributed by atoms with van der Waals surface area (Å²) in [6.45, 7) is -0.142. The minimum Gasteiger partial charge on any atom is -0.298 e. The molecule has 0 atom stereocenters. The normalized spacial score (nSPS) is 13.6. The highest BCUT2D eigenvalue weighted by atomic mass is 16.1. The predicted octanol–water partition coefficient (Wildman–Crippen LogP) is -0.990. The molecule has 3 aromatic rings. The molecule has 0 aliphatic carbocycles. The highest BCUT2D eigenvalue weighted by molar-refractivity contribution is 6.74. The summed E-state index contributed by atoms with van der Waals surface area (Å²) in [6.07, 6.45) is 3.52. The number of nitrogens with zero attached hydrogens (tertiary/aromatic N) is 4. The molecule has 0 unspecified atom stereocenters. The van der Waals surface area contributed by atoms with Crippen LogP contribution in [0, 0.1) is 0 Å². The molecule has 0 saturated carbocycles. The predicted molar refractivity (Wildman–Crippen MR) is 69.8 cm³/mol. The molecule has 19 heavy (non-hydrogen) atoms. The van der Waals surface area contributed by atoms with Crippen molar-refractivity contribution in [1.29, 1.82) is 0 Å². The third-order valence-electron chi connectivity index (χ3n) is 3.89. The van der Waals surface area contributed by atoms with Crippen LogP contribution in [0.4, 0.5) is 0 Å². The fourth-order valence-electron chi connectivity index (χ4n) is 3.21. The van der Waals surface area contributed by atoms with E-state index in [4.69, 9.17) is 0 Å². The zero-order valence-corrected chi connectivity index (χ0v) is 9.72. The van der Waals surface area contributed by atoms with Gasteiger partial charge < -0.3 is 0 Å². The average Bonchev–Trinajstić information content (AvgIpc) is 3.09. The summed E-state index contributed by atoms with van der Waals surface area (Å²) in [5, 5.41) is 0. The van der Waals surface area contributed by atoms with Crippen LogP contribution in [-0.2, 0) is 0 Å². The van der Waals surface area contributed by atoms with E-state index in [0.717, 1.165) is 16.8 Å². The zero-order valence-electron chi connectivity index (χ0n) is 9.72. The van der Waals surface area contributed by atoms with E-state index in [-0.39, 0.29) is 18.1 Å². The van der Waals surface area contributed by atoms with Crippen LogP contribution in [0.3, 0.4) is 0 Å². The first kappa shape index (κ1) is 9.26. The molecule has 0 radical (unpaired) electrons. The van der Waals surface area contributed by atoms with Crippen molar-refractivity contribution in [3.8, 4) is 11.4 Å². The van der Waals surface area contributed by atoms with Crippen LogP contribution in [-0.4, -0.2) is 25.5 Å². The van der Waals surface area contributed by atoms with E-state index in [9.17, 15) is 9.59 Å². The summed E-state index contributed by atoms with van der Waals surface area (Å²) in [4.78, 5) is 23.9. The molecule has 2 aliphatic heterocycles. The quantitative estimate of drug-likeness (QED) is 0.331. The van der Waals surface area contributed by atoms with Crippen molar-refractivity contribution in [2.45, 2.75) is 0 Å². The van der Waals surface area contributed by atoms with Gasteiger partial charge in [-0.25, -0.2) is 9.36 Å². The molecule has 7 heteroatoms. The number of hydrogen-bond acceptors (Lipinski definition) is 2.